The van der Waals surface area contributed by atoms with Gasteiger partial charge in [0, 0.05) is 6.61 Å². The van der Waals surface area contributed by atoms with Gasteiger partial charge in [0.1, 0.15) is 48.8 Å². The van der Waals surface area contributed by atoms with E-state index in [-0.39, 0.29) is 0 Å². The molecule has 2 heterocycles. The highest BCUT2D eigenvalue weighted by Crippen LogP contribution is 2.30. The molecule has 3 rings (SSSR count). The van der Waals surface area contributed by atoms with Crippen molar-refractivity contribution in [3.8, 4) is 0 Å². The molecule has 0 bridgehead atoms. The van der Waals surface area contributed by atoms with Crippen LogP contribution < -0.4 is 0 Å². The van der Waals surface area contributed by atoms with Crippen LogP contribution in [0.25, 0.3) is 0 Å². The summed E-state index contributed by atoms with van der Waals surface area (Å²) in [5, 5.41) is 70.0. The van der Waals surface area contributed by atoms with Gasteiger partial charge in [0.2, 0.25) is 0 Å². The molecule has 11 nitrogen and oxygen atoms in total. The summed E-state index contributed by atoms with van der Waals surface area (Å²) in [6.45, 7) is -0.882. The van der Waals surface area contributed by atoms with Crippen LogP contribution in [0.1, 0.15) is 44.9 Å². The van der Waals surface area contributed by atoms with Gasteiger partial charge in [0.25, 0.3) is 0 Å². The maximum Gasteiger partial charge on any atom is 0.187 e. The zero-order chi connectivity index (χ0) is 23.3. The van der Waals surface area contributed by atoms with Crippen LogP contribution in [-0.2, 0) is 18.9 Å². The van der Waals surface area contributed by atoms with Gasteiger partial charge >= 0.3 is 0 Å². The Kier molecular flexibility index (Phi) is 10.1. The van der Waals surface area contributed by atoms with Crippen LogP contribution in [0, 0.1) is 5.92 Å². The molecule has 6 unspecified atom stereocenters. The Hall–Kier alpha value is -0.440. The molecule has 3 fully saturated rings. The minimum absolute atomic E-state index is 0.335. The number of hydrogen-bond donors (Lipinski definition) is 7. The Morgan fingerprint density at radius 3 is 1.97 bits per heavy atom. The smallest absolute Gasteiger partial charge is 0.187 e. The summed E-state index contributed by atoms with van der Waals surface area (Å²) in [5.74, 6) is 0.691. The second-order valence-electron chi connectivity index (χ2n) is 9.02. The lowest BCUT2D eigenvalue weighted by Crippen LogP contribution is -2.64. The summed E-state index contributed by atoms with van der Waals surface area (Å²) >= 11 is 0. The highest BCUT2D eigenvalue weighted by molar-refractivity contribution is 4.94. The molecule has 7 N–H and O–H groups in total. The zero-order valence-corrected chi connectivity index (χ0v) is 18.2. The van der Waals surface area contributed by atoms with E-state index in [2.05, 4.69) is 0 Å². The predicted molar refractivity (Wildman–Crippen MR) is 108 cm³/mol. The third-order valence-electron chi connectivity index (χ3n) is 6.72. The van der Waals surface area contributed by atoms with Gasteiger partial charge in [-0.05, 0) is 18.8 Å². The summed E-state index contributed by atoms with van der Waals surface area (Å²) in [4.78, 5) is 0. The van der Waals surface area contributed by atoms with Crippen molar-refractivity contribution in [1.29, 1.82) is 0 Å². The van der Waals surface area contributed by atoms with Crippen molar-refractivity contribution in [2.45, 2.75) is 106 Å². The molecular weight excluding hydrogens is 428 g/mol. The first-order valence-corrected chi connectivity index (χ1v) is 11.6. The summed E-state index contributed by atoms with van der Waals surface area (Å²) in [6.07, 6.45) is -6.18. The molecule has 2 aliphatic heterocycles. The zero-order valence-electron chi connectivity index (χ0n) is 18.2. The topological polar surface area (TPSA) is 179 Å². The lowest BCUT2D eigenvalue weighted by atomic mass is 9.86. The molecule has 10 atom stereocenters. The van der Waals surface area contributed by atoms with Crippen LogP contribution >= 0.6 is 0 Å². The molecule has 11 heteroatoms. The maximum atomic E-state index is 10.6. The predicted octanol–water partition coefficient (Wildman–Crippen LogP) is -2.01. The van der Waals surface area contributed by atoms with Crippen LogP contribution in [0.3, 0.4) is 0 Å². The van der Waals surface area contributed by atoms with E-state index in [1.807, 2.05) is 0 Å². The standard InChI is InChI=1S/C21H38O11/c22-9-12-14(24)15(25)17(27)21(30-12)32-19-13(10-23)31-20(18(28)16(19)26)29-8-4-7-11-5-2-1-3-6-11/h11-28H,1-10H2/t12?,13?,14-,15?,16?,17?,18?,19-,20-,21-/m1/s1. The summed E-state index contributed by atoms with van der Waals surface area (Å²) in [5.41, 5.74) is 0. The second-order valence-corrected chi connectivity index (χ2v) is 9.02. The van der Waals surface area contributed by atoms with Crippen molar-refractivity contribution in [2.24, 2.45) is 5.92 Å². The van der Waals surface area contributed by atoms with Crippen molar-refractivity contribution in [1.82, 2.24) is 0 Å². The molecule has 0 spiro atoms. The highest BCUT2D eigenvalue weighted by Gasteiger charge is 2.50. The fourth-order valence-electron chi connectivity index (χ4n) is 4.74. The fourth-order valence-corrected chi connectivity index (χ4v) is 4.74. The van der Waals surface area contributed by atoms with E-state index in [4.69, 9.17) is 18.9 Å². The Labute approximate surface area is 187 Å². The quantitative estimate of drug-likeness (QED) is 0.187. The number of ether oxygens (including phenoxy) is 4. The van der Waals surface area contributed by atoms with Crippen LogP contribution in [0.15, 0.2) is 0 Å². The van der Waals surface area contributed by atoms with Gasteiger partial charge in [-0.3, -0.25) is 0 Å². The number of aliphatic hydroxyl groups is 7. The number of hydrogen-bond acceptors (Lipinski definition) is 11. The van der Waals surface area contributed by atoms with Crippen LogP contribution in [0.2, 0.25) is 0 Å². The van der Waals surface area contributed by atoms with Gasteiger partial charge in [-0.25, -0.2) is 0 Å². The van der Waals surface area contributed by atoms with Gasteiger partial charge in [-0.1, -0.05) is 32.1 Å². The molecule has 0 amide bonds. The Morgan fingerprint density at radius 1 is 0.688 bits per heavy atom. The molecule has 32 heavy (non-hydrogen) atoms. The van der Waals surface area contributed by atoms with Crippen LogP contribution in [-0.4, -0.2) is 117 Å². The lowest BCUT2D eigenvalue weighted by Gasteiger charge is -2.45. The number of rotatable bonds is 9. The molecule has 0 aromatic rings. The van der Waals surface area contributed by atoms with Crippen molar-refractivity contribution < 1.29 is 54.7 Å². The molecule has 3 aliphatic rings. The van der Waals surface area contributed by atoms with Crippen molar-refractivity contribution >= 4 is 0 Å². The first-order chi connectivity index (χ1) is 15.4. The highest BCUT2D eigenvalue weighted by atomic mass is 16.7. The third-order valence-corrected chi connectivity index (χ3v) is 6.72. The molecular formula is C21H38O11. The van der Waals surface area contributed by atoms with Gasteiger partial charge < -0.3 is 54.7 Å². The van der Waals surface area contributed by atoms with Gasteiger partial charge in [-0.15, -0.1) is 0 Å². The van der Waals surface area contributed by atoms with E-state index in [9.17, 15) is 35.7 Å². The van der Waals surface area contributed by atoms with E-state index >= 15 is 0 Å². The first kappa shape index (κ1) is 26.2. The summed E-state index contributed by atoms with van der Waals surface area (Å²) < 4.78 is 22.0. The maximum absolute atomic E-state index is 10.6. The van der Waals surface area contributed by atoms with Crippen molar-refractivity contribution in [3.63, 3.8) is 0 Å². The van der Waals surface area contributed by atoms with Crippen LogP contribution in [0.4, 0.5) is 0 Å². The van der Waals surface area contributed by atoms with Gasteiger partial charge in [-0.2, -0.15) is 0 Å². The number of aliphatic hydroxyl groups excluding tert-OH is 7. The summed E-state index contributed by atoms with van der Waals surface area (Å²) in [7, 11) is 0. The molecule has 188 valence electrons. The Balaban J connectivity index is 1.52. The average molecular weight is 467 g/mol. The molecule has 0 radical (unpaired) electrons. The monoisotopic (exact) mass is 466 g/mol. The average Bonchev–Trinajstić information content (AvgIpc) is 2.81. The molecule has 0 aromatic carbocycles. The second kappa shape index (κ2) is 12.3. The van der Waals surface area contributed by atoms with E-state index in [0.29, 0.717) is 12.5 Å². The summed E-state index contributed by atoms with van der Waals surface area (Å²) in [6, 6.07) is 0. The van der Waals surface area contributed by atoms with E-state index < -0.39 is 74.6 Å². The molecule has 1 saturated carbocycles. The van der Waals surface area contributed by atoms with E-state index in [0.717, 1.165) is 12.8 Å². The Morgan fingerprint density at radius 2 is 1.31 bits per heavy atom. The lowest BCUT2D eigenvalue weighted by molar-refractivity contribution is -0.359. The van der Waals surface area contributed by atoms with E-state index in [1.54, 1.807) is 0 Å². The third kappa shape index (κ3) is 6.16. The fraction of sp³-hybridized carbons (Fsp3) is 1.00. The van der Waals surface area contributed by atoms with Crippen LogP contribution in [0.5, 0.6) is 0 Å². The molecule has 0 aromatic heterocycles. The molecule has 2 saturated heterocycles. The minimum atomic E-state index is -1.69. The largest absolute Gasteiger partial charge is 0.394 e. The molecule has 1 aliphatic carbocycles. The first-order valence-electron chi connectivity index (χ1n) is 11.6. The van der Waals surface area contributed by atoms with Crippen molar-refractivity contribution in [3.05, 3.63) is 0 Å². The van der Waals surface area contributed by atoms with Gasteiger partial charge in [0.15, 0.2) is 12.6 Å². The Bertz CT molecular complexity index is 542. The normalized spacial score (nSPS) is 44.0. The van der Waals surface area contributed by atoms with Crippen molar-refractivity contribution in [2.75, 3.05) is 19.8 Å². The van der Waals surface area contributed by atoms with E-state index in [1.165, 1.54) is 32.1 Å². The van der Waals surface area contributed by atoms with Gasteiger partial charge in [0.05, 0.1) is 13.2 Å². The minimum Gasteiger partial charge on any atom is -0.394 e. The SMILES string of the molecule is OCC1O[C@H](O[C@@H]2C(CO)O[C@@H](OCCCC3CCCCC3)C(O)C2O)C(O)C(O)[C@@H]1O.